The lowest BCUT2D eigenvalue weighted by Gasteiger charge is -2.02. The van der Waals surface area contributed by atoms with Crippen LogP contribution in [0.15, 0.2) is 29.6 Å². The van der Waals surface area contributed by atoms with Crippen LogP contribution in [0.5, 0.6) is 5.75 Å². The molecule has 0 fully saturated rings. The van der Waals surface area contributed by atoms with Crippen molar-refractivity contribution in [1.29, 1.82) is 0 Å². The van der Waals surface area contributed by atoms with Crippen molar-refractivity contribution >= 4 is 17.3 Å². The van der Waals surface area contributed by atoms with E-state index in [1.807, 2.05) is 17.5 Å². The lowest BCUT2D eigenvalue weighted by molar-refractivity contribution is -0.142. The normalized spacial score (nSPS) is 10.5. The van der Waals surface area contributed by atoms with Crippen molar-refractivity contribution < 1.29 is 14.6 Å². The number of hydrogen-bond donors (Lipinski definition) is 2. The summed E-state index contributed by atoms with van der Waals surface area (Å²) >= 11 is 1.57. The summed E-state index contributed by atoms with van der Waals surface area (Å²) in [5.74, 6) is 0.0590. The molecule has 2 N–H and O–H groups in total. The zero-order valence-electron chi connectivity index (χ0n) is 11.8. The van der Waals surface area contributed by atoms with Crippen molar-refractivity contribution in [3.05, 3.63) is 34.7 Å². The van der Waals surface area contributed by atoms with Gasteiger partial charge in [-0.05, 0) is 31.2 Å². The van der Waals surface area contributed by atoms with Gasteiger partial charge in [0.15, 0.2) is 0 Å². The fraction of sp³-hybridized carbons (Fsp3) is 0.333. The quantitative estimate of drug-likeness (QED) is 0.607. The summed E-state index contributed by atoms with van der Waals surface area (Å²) in [4.78, 5) is 15.7. The van der Waals surface area contributed by atoms with Crippen molar-refractivity contribution in [2.24, 2.45) is 0 Å². The van der Waals surface area contributed by atoms with E-state index in [4.69, 9.17) is 4.74 Å². The molecule has 1 aromatic heterocycles. The second kappa shape index (κ2) is 7.75. The third-order valence-electron chi connectivity index (χ3n) is 2.80. The minimum Gasteiger partial charge on any atom is -0.508 e. The predicted octanol–water partition coefficient (Wildman–Crippen LogP) is 2.56. The van der Waals surface area contributed by atoms with Gasteiger partial charge in [0.1, 0.15) is 10.8 Å². The zero-order chi connectivity index (χ0) is 15.1. The molecular formula is C15H18N2O3S. The number of rotatable bonds is 7. The van der Waals surface area contributed by atoms with Crippen LogP contribution in [0.25, 0.3) is 11.3 Å². The first-order valence-electron chi connectivity index (χ1n) is 6.79. The zero-order valence-corrected chi connectivity index (χ0v) is 12.7. The molecule has 5 nitrogen and oxygen atoms in total. The first kappa shape index (κ1) is 15.5. The Bertz CT molecular complexity index is 581. The van der Waals surface area contributed by atoms with Crippen LogP contribution < -0.4 is 5.32 Å². The van der Waals surface area contributed by atoms with Gasteiger partial charge in [-0.1, -0.05) is 0 Å². The first-order chi connectivity index (χ1) is 10.2. The maximum atomic E-state index is 11.2. The molecule has 2 rings (SSSR count). The Morgan fingerprint density at radius 3 is 2.86 bits per heavy atom. The molecule has 0 atom stereocenters. The fourth-order valence-corrected chi connectivity index (χ4v) is 2.55. The van der Waals surface area contributed by atoms with Crippen molar-refractivity contribution in [3.8, 4) is 17.0 Å². The number of thiazole rings is 1. The Labute approximate surface area is 127 Å². The summed E-state index contributed by atoms with van der Waals surface area (Å²) in [7, 11) is 0. The summed E-state index contributed by atoms with van der Waals surface area (Å²) in [6, 6.07) is 6.96. The molecule has 0 aliphatic rings. The van der Waals surface area contributed by atoms with Gasteiger partial charge in [-0.3, -0.25) is 4.79 Å². The van der Waals surface area contributed by atoms with Gasteiger partial charge in [-0.25, -0.2) is 4.98 Å². The lowest BCUT2D eigenvalue weighted by Crippen LogP contribution is -2.18. The molecule has 112 valence electrons. The number of aromatic nitrogens is 1. The molecular weight excluding hydrogens is 288 g/mol. The van der Waals surface area contributed by atoms with Crippen molar-refractivity contribution in [2.45, 2.75) is 19.9 Å². The van der Waals surface area contributed by atoms with E-state index in [0.717, 1.165) is 16.3 Å². The number of esters is 1. The molecule has 0 bridgehead atoms. The highest BCUT2D eigenvalue weighted by Crippen LogP contribution is 2.23. The molecule has 0 unspecified atom stereocenters. The Morgan fingerprint density at radius 1 is 1.38 bits per heavy atom. The average Bonchev–Trinajstić information content (AvgIpc) is 2.93. The Kier molecular flexibility index (Phi) is 5.71. The van der Waals surface area contributed by atoms with Crippen LogP contribution >= 0.6 is 11.3 Å². The molecule has 0 spiro atoms. The monoisotopic (exact) mass is 306 g/mol. The van der Waals surface area contributed by atoms with E-state index in [-0.39, 0.29) is 11.7 Å². The number of carbonyl (C=O) groups is 1. The lowest BCUT2D eigenvalue weighted by atomic mass is 10.2. The van der Waals surface area contributed by atoms with E-state index in [9.17, 15) is 9.90 Å². The smallest absolute Gasteiger partial charge is 0.307 e. The highest BCUT2D eigenvalue weighted by Gasteiger charge is 2.05. The van der Waals surface area contributed by atoms with Gasteiger partial charge in [-0.2, -0.15) is 0 Å². The maximum absolute atomic E-state index is 11.2. The van der Waals surface area contributed by atoms with Gasteiger partial charge in [0.2, 0.25) is 0 Å². The first-order valence-corrected chi connectivity index (χ1v) is 7.67. The van der Waals surface area contributed by atoms with E-state index in [1.54, 1.807) is 30.4 Å². The summed E-state index contributed by atoms with van der Waals surface area (Å²) in [5.41, 5.74) is 1.86. The molecule has 0 radical (unpaired) electrons. The van der Waals surface area contributed by atoms with Crippen LogP contribution in [0.3, 0.4) is 0 Å². The average molecular weight is 306 g/mol. The molecule has 2 aromatic rings. The number of hydrogen-bond acceptors (Lipinski definition) is 6. The van der Waals surface area contributed by atoms with E-state index >= 15 is 0 Å². The minimum absolute atomic E-state index is 0.186. The molecule has 0 amide bonds. The third kappa shape index (κ3) is 4.84. The Morgan fingerprint density at radius 2 is 2.14 bits per heavy atom. The maximum Gasteiger partial charge on any atom is 0.307 e. The summed E-state index contributed by atoms with van der Waals surface area (Å²) in [5, 5.41) is 15.4. The highest BCUT2D eigenvalue weighted by atomic mass is 32.1. The van der Waals surface area contributed by atoms with Crippen LogP contribution in [0.4, 0.5) is 0 Å². The summed E-state index contributed by atoms with van der Waals surface area (Å²) in [6.45, 7) is 3.42. The topological polar surface area (TPSA) is 71.5 Å². The van der Waals surface area contributed by atoms with E-state index in [2.05, 4.69) is 10.3 Å². The second-order valence-electron chi connectivity index (χ2n) is 4.41. The number of aromatic hydroxyl groups is 1. The number of phenolic OH excluding ortho intramolecular Hbond substituents is 1. The summed E-state index contributed by atoms with van der Waals surface area (Å²) in [6.07, 6.45) is 0.365. The minimum atomic E-state index is -0.186. The standard InChI is InChI=1S/C15H18N2O3S/c1-2-20-15(19)7-8-16-9-14-17-13(10-21-14)11-3-5-12(18)6-4-11/h3-6,10,16,18H,2,7-9H2,1H3. The number of nitrogens with zero attached hydrogens (tertiary/aromatic N) is 1. The van der Waals surface area contributed by atoms with Gasteiger partial charge in [0, 0.05) is 24.0 Å². The van der Waals surface area contributed by atoms with Crippen molar-refractivity contribution in [2.75, 3.05) is 13.2 Å². The number of benzene rings is 1. The highest BCUT2D eigenvalue weighted by molar-refractivity contribution is 7.09. The Balaban J connectivity index is 1.81. The molecule has 0 saturated carbocycles. The van der Waals surface area contributed by atoms with Crippen LogP contribution in [-0.4, -0.2) is 29.2 Å². The van der Waals surface area contributed by atoms with Gasteiger partial charge in [0.05, 0.1) is 18.7 Å². The second-order valence-corrected chi connectivity index (χ2v) is 5.35. The molecule has 1 aromatic carbocycles. The van der Waals surface area contributed by atoms with Crippen LogP contribution in [0, 0.1) is 0 Å². The van der Waals surface area contributed by atoms with Gasteiger partial charge in [0.25, 0.3) is 0 Å². The predicted molar refractivity (Wildman–Crippen MR) is 82.2 cm³/mol. The van der Waals surface area contributed by atoms with Crippen molar-refractivity contribution in [1.82, 2.24) is 10.3 Å². The third-order valence-corrected chi connectivity index (χ3v) is 3.65. The van der Waals surface area contributed by atoms with Gasteiger partial charge in [-0.15, -0.1) is 11.3 Å². The van der Waals surface area contributed by atoms with Crippen LogP contribution in [0.2, 0.25) is 0 Å². The number of ether oxygens (including phenoxy) is 1. The Hall–Kier alpha value is -1.92. The molecule has 0 aliphatic heterocycles. The van der Waals surface area contributed by atoms with E-state index in [0.29, 0.717) is 26.1 Å². The number of phenols is 1. The molecule has 1 heterocycles. The van der Waals surface area contributed by atoms with Crippen molar-refractivity contribution in [3.63, 3.8) is 0 Å². The molecule has 0 saturated heterocycles. The van der Waals surface area contributed by atoms with E-state index < -0.39 is 0 Å². The van der Waals surface area contributed by atoms with Crippen LogP contribution in [-0.2, 0) is 16.1 Å². The van der Waals surface area contributed by atoms with Gasteiger partial charge >= 0.3 is 5.97 Å². The van der Waals surface area contributed by atoms with E-state index in [1.165, 1.54) is 0 Å². The number of carbonyl (C=O) groups excluding carboxylic acids is 1. The largest absolute Gasteiger partial charge is 0.508 e. The molecule has 0 aliphatic carbocycles. The number of nitrogens with one attached hydrogen (secondary N) is 1. The van der Waals surface area contributed by atoms with Crippen LogP contribution in [0.1, 0.15) is 18.4 Å². The molecule has 21 heavy (non-hydrogen) atoms. The fourth-order valence-electron chi connectivity index (χ4n) is 1.78. The van der Waals surface area contributed by atoms with Gasteiger partial charge < -0.3 is 15.2 Å². The molecule has 6 heteroatoms. The summed E-state index contributed by atoms with van der Waals surface area (Å²) < 4.78 is 4.85. The SMILES string of the molecule is CCOC(=O)CCNCc1nc(-c2ccc(O)cc2)cs1.